The Bertz CT molecular complexity index is 604. The van der Waals surface area contributed by atoms with Crippen LogP contribution in [0.4, 0.5) is 0 Å². The molecule has 1 saturated carbocycles. The highest BCUT2D eigenvalue weighted by atomic mass is 32.2. The van der Waals surface area contributed by atoms with Crippen molar-refractivity contribution >= 4 is 10.0 Å². The summed E-state index contributed by atoms with van der Waals surface area (Å²) in [6.07, 6.45) is 6.38. The third kappa shape index (κ3) is 3.91. The van der Waals surface area contributed by atoms with E-state index in [-0.39, 0.29) is 17.4 Å². The lowest BCUT2D eigenvalue weighted by Gasteiger charge is -2.28. The van der Waals surface area contributed by atoms with Crippen molar-refractivity contribution in [2.45, 2.75) is 43.1 Å². The zero-order valence-electron chi connectivity index (χ0n) is 13.4. The molecule has 2 aliphatic rings. The molecule has 128 valence electrons. The Morgan fingerprint density at radius 3 is 2.61 bits per heavy atom. The van der Waals surface area contributed by atoms with Gasteiger partial charge in [-0.15, -0.1) is 0 Å². The van der Waals surface area contributed by atoms with E-state index in [9.17, 15) is 8.42 Å². The highest BCUT2D eigenvalue weighted by Crippen LogP contribution is 2.36. The van der Waals surface area contributed by atoms with Gasteiger partial charge in [-0.3, -0.25) is 4.98 Å². The standard InChI is InChI=1S/C16H24N2O4S/c1-21-10-11-22-16-6-9-18(23(19,20)14-2-3-14)15(16)12-13-4-7-17-8-5-13/h4-5,7-8,14-16H,2-3,6,9-12H2,1H3/t15-,16+/m0/s1. The number of hydrogen-bond donors (Lipinski definition) is 0. The summed E-state index contributed by atoms with van der Waals surface area (Å²) in [5.74, 6) is 0. The number of sulfonamides is 1. The van der Waals surface area contributed by atoms with E-state index in [1.807, 2.05) is 12.1 Å². The van der Waals surface area contributed by atoms with Gasteiger partial charge in [0.15, 0.2) is 0 Å². The zero-order valence-corrected chi connectivity index (χ0v) is 14.2. The molecule has 6 nitrogen and oxygen atoms in total. The summed E-state index contributed by atoms with van der Waals surface area (Å²) in [7, 11) is -1.56. The monoisotopic (exact) mass is 340 g/mol. The molecule has 0 amide bonds. The lowest BCUT2D eigenvalue weighted by Crippen LogP contribution is -2.43. The molecule has 7 heteroatoms. The van der Waals surface area contributed by atoms with Crippen LogP contribution in [0.15, 0.2) is 24.5 Å². The summed E-state index contributed by atoms with van der Waals surface area (Å²) >= 11 is 0. The van der Waals surface area contributed by atoms with Crippen LogP contribution < -0.4 is 0 Å². The van der Waals surface area contributed by atoms with Gasteiger partial charge in [-0.25, -0.2) is 8.42 Å². The van der Waals surface area contributed by atoms with Gasteiger partial charge >= 0.3 is 0 Å². The fraction of sp³-hybridized carbons (Fsp3) is 0.688. The second kappa shape index (κ2) is 7.25. The van der Waals surface area contributed by atoms with Crippen molar-refractivity contribution in [2.24, 2.45) is 0 Å². The first-order valence-electron chi connectivity index (χ1n) is 8.13. The van der Waals surface area contributed by atoms with Gasteiger partial charge in [0.1, 0.15) is 0 Å². The molecule has 0 radical (unpaired) electrons. The third-order valence-corrected chi connectivity index (χ3v) is 6.94. The molecule has 1 aromatic rings. The topological polar surface area (TPSA) is 68.7 Å². The Hall–Kier alpha value is -1.02. The van der Waals surface area contributed by atoms with E-state index >= 15 is 0 Å². The quantitative estimate of drug-likeness (QED) is 0.666. The predicted octanol–water partition coefficient (Wildman–Crippen LogP) is 1.22. The zero-order chi connectivity index (χ0) is 16.3. The van der Waals surface area contributed by atoms with Crippen LogP contribution in [-0.4, -0.2) is 62.0 Å². The lowest BCUT2D eigenvalue weighted by molar-refractivity contribution is 0.00635. The maximum atomic E-state index is 12.7. The largest absolute Gasteiger partial charge is 0.382 e. The summed E-state index contributed by atoms with van der Waals surface area (Å²) in [5.41, 5.74) is 1.09. The van der Waals surface area contributed by atoms with Gasteiger partial charge in [0.25, 0.3) is 0 Å². The van der Waals surface area contributed by atoms with Crippen LogP contribution in [0.25, 0.3) is 0 Å². The smallest absolute Gasteiger partial charge is 0.217 e. The lowest BCUT2D eigenvalue weighted by atomic mass is 10.0. The van der Waals surface area contributed by atoms with Crippen molar-refractivity contribution in [2.75, 3.05) is 26.9 Å². The molecule has 0 aromatic carbocycles. The van der Waals surface area contributed by atoms with Gasteiger partial charge in [-0.05, 0) is 43.4 Å². The number of nitrogens with zero attached hydrogens (tertiary/aromatic N) is 2. The average molecular weight is 340 g/mol. The van der Waals surface area contributed by atoms with Crippen molar-refractivity contribution in [1.29, 1.82) is 0 Å². The maximum Gasteiger partial charge on any atom is 0.217 e. The number of methoxy groups -OCH3 is 1. The van der Waals surface area contributed by atoms with Gasteiger partial charge < -0.3 is 9.47 Å². The fourth-order valence-corrected chi connectivity index (χ4v) is 5.20. The summed E-state index contributed by atoms with van der Waals surface area (Å²) in [5, 5.41) is -0.180. The SMILES string of the molecule is COCCO[C@@H]1CCN(S(=O)(=O)C2CC2)[C@H]1Cc1ccncc1. The van der Waals surface area contributed by atoms with Gasteiger partial charge in [-0.1, -0.05) is 0 Å². The van der Waals surface area contributed by atoms with E-state index in [2.05, 4.69) is 4.98 Å². The molecule has 3 rings (SSSR count). The molecule has 1 aliphatic carbocycles. The van der Waals surface area contributed by atoms with E-state index < -0.39 is 10.0 Å². The second-order valence-corrected chi connectivity index (χ2v) is 8.34. The molecule has 2 fully saturated rings. The van der Waals surface area contributed by atoms with E-state index in [4.69, 9.17) is 9.47 Å². The van der Waals surface area contributed by atoms with Crippen LogP contribution >= 0.6 is 0 Å². The molecule has 0 spiro atoms. The molecule has 2 atom stereocenters. The molecular formula is C16H24N2O4S. The third-order valence-electron chi connectivity index (χ3n) is 4.52. The number of rotatable bonds is 8. The van der Waals surface area contributed by atoms with Crippen LogP contribution in [0.5, 0.6) is 0 Å². The van der Waals surface area contributed by atoms with Crippen molar-refractivity contribution < 1.29 is 17.9 Å². The Morgan fingerprint density at radius 2 is 1.96 bits per heavy atom. The summed E-state index contributed by atoms with van der Waals surface area (Å²) in [6, 6.07) is 3.73. The Balaban J connectivity index is 1.75. The molecule has 0 bridgehead atoms. The van der Waals surface area contributed by atoms with E-state index in [0.29, 0.717) is 26.2 Å². The minimum Gasteiger partial charge on any atom is -0.382 e. The van der Waals surface area contributed by atoms with Crippen molar-refractivity contribution in [3.8, 4) is 0 Å². The first-order valence-corrected chi connectivity index (χ1v) is 9.63. The van der Waals surface area contributed by atoms with E-state index in [1.54, 1.807) is 23.8 Å². The molecule has 1 saturated heterocycles. The van der Waals surface area contributed by atoms with Crippen molar-refractivity contribution in [3.05, 3.63) is 30.1 Å². The van der Waals surface area contributed by atoms with Gasteiger partial charge in [0.05, 0.1) is 30.6 Å². The van der Waals surface area contributed by atoms with Crippen LogP contribution in [-0.2, 0) is 25.9 Å². The summed E-state index contributed by atoms with van der Waals surface area (Å²) in [4.78, 5) is 4.03. The number of aromatic nitrogens is 1. The first-order chi connectivity index (χ1) is 11.1. The van der Waals surface area contributed by atoms with Crippen LogP contribution in [0.3, 0.4) is 0 Å². The van der Waals surface area contributed by atoms with E-state index in [0.717, 1.165) is 24.8 Å². The Kier molecular flexibility index (Phi) is 5.31. The molecule has 2 heterocycles. The normalized spacial score (nSPS) is 25.8. The first kappa shape index (κ1) is 16.8. The number of hydrogen-bond acceptors (Lipinski definition) is 5. The minimum absolute atomic E-state index is 0.0770. The van der Waals surface area contributed by atoms with Crippen molar-refractivity contribution in [1.82, 2.24) is 9.29 Å². The van der Waals surface area contributed by atoms with Crippen LogP contribution in [0, 0.1) is 0 Å². The van der Waals surface area contributed by atoms with Gasteiger partial charge in [0, 0.05) is 26.0 Å². The molecule has 1 aliphatic heterocycles. The highest BCUT2D eigenvalue weighted by Gasteiger charge is 2.47. The fourth-order valence-electron chi connectivity index (χ4n) is 3.14. The second-order valence-electron chi connectivity index (χ2n) is 6.17. The highest BCUT2D eigenvalue weighted by molar-refractivity contribution is 7.90. The van der Waals surface area contributed by atoms with Gasteiger partial charge in [0.2, 0.25) is 10.0 Å². The Morgan fingerprint density at radius 1 is 1.22 bits per heavy atom. The molecule has 0 unspecified atom stereocenters. The number of ether oxygens (including phenoxy) is 2. The minimum atomic E-state index is -3.19. The maximum absolute atomic E-state index is 12.7. The number of pyridine rings is 1. The van der Waals surface area contributed by atoms with Crippen LogP contribution in [0.1, 0.15) is 24.8 Å². The molecule has 1 aromatic heterocycles. The summed E-state index contributed by atoms with van der Waals surface area (Å²) < 4.78 is 38.0. The predicted molar refractivity (Wildman–Crippen MR) is 86.6 cm³/mol. The Labute approximate surface area is 137 Å². The van der Waals surface area contributed by atoms with E-state index in [1.165, 1.54) is 0 Å². The van der Waals surface area contributed by atoms with Crippen LogP contribution in [0.2, 0.25) is 0 Å². The molecular weight excluding hydrogens is 316 g/mol. The summed E-state index contributed by atoms with van der Waals surface area (Å²) in [6.45, 7) is 1.56. The average Bonchev–Trinajstić information content (AvgIpc) is 3.33. The molecule has 0 N–H and O–H groups in total. The molecule has 23 heavy (non-hydrogen) atoms. The van der Waals surface area contributed by atoms with Crippen molar-refractivity contribution in [3.63, 3.8) is 0 Å². The van der Waals surface area contributed by atoms with Gasteiger partial charge in [-0.2, -0.15) is 4.31 Å².